The van der Waals surface area contributed by atoms with Crippen molar-refractivity contribution in [2.75, 3.05) is 13.2 Å². The van der Waals surface area contributed by atoms with E-state index in [0.717, 1.165) is 0 Å². The first-order chi connectivity index (χ1) is 15.3. The first-order valence-electron chi connectivity index (χ1n) is 10.9. The van der Waals surface area contributed by atoms with Crippen LogP contribution in [-0.4, -0.2) is 26.5 Å². The Morgan fingerprint density at radius 1 is 0.875 bits per heavy atom. The Hall–Kier alpha value is -2.96. The largest absolute Gasteiger partial charge is 0.491 e. The molecule has 0 radical (unpaired) electrons. The highest BCUT2D eigenvalue weighted by Crippen LogP contribution is 2.36. The van der Waals surface area contributed by atoms with E-state index in [1.54, 1.807) is 12.1 Å². The molecule has 0 N–H and O–H groups in total. The molecular weight excluding hydrogens is 418 g/mol. The minimum Gasteiger partial charge on any atom is -0.491 e. The molecule has 3 aromatic rings. The van der Waals surface area contributed by atoms with Crippen LogP contribution in [0.15, 0.2) is 78.9 Å². The number of benzene rings is 3. The molecule has 0 amide bonds. The number of hydrogen-bond donors (Lipinski definition) is 0. The van der Waals surface area contributed by atoms with E-state index in [4.69, 9.17) is 9.16 Å². The molecule has 0 saturated carbocycles. The highest BCUT2D eigenvalue weighted by atomic mass is 28.4. The van der Waals surface area contributed by atoms with E-state index in [-0.39, 0.29) is 15.6 Å². The summed E-state index contributed by atoms with van der Waals surface area (Å²) in [4.78, 5) is 10.8. The van der Waals surface area contributed by atoms with Crippen molar-refractivity contribution in [3.05, 3.63) is 94.5 Å². The molecule has 0 aliphatic heterocycles. The lowest BCUT2D eigenvalue weighted by Gasteiger charge is -2.43. The molecule has 0 spiro atoms. The van der Waals surface area contributed by atoms with Gasteiger partial charge >= 0.3 is 0 Å². The van der Waals surface area contributed by atoms with E-state index in [9.17, 15) is 10.1 Å². The summed E-state index contributed by atoms with van der Waals surface area (Å²) in [7, 11) is -2.60. The summed E-state index contributed by atoms with van der Waals surface area (Å²) in [5, 5.41) is 13.5. The Kier molecular flexibility index (Phi) is 7.48. The summed E-state index contributed by atoms with van der Waals surface area (Å²) in [5.74, 6) is 0.624. The number of nitro benzene ring substituents is 1. The molecule has 168 valence electrons. The second kappa shape index (κ2) is 10.1. The molecule has 0 unspecified atom stereocenters. The van der Waals surface area contributed by atoms with Gasteiger partial charge in [0.1, 0.15) is 12.4 Å². The van der Waals surface area contributed by atoms with E-state index in [2.05, 4.69) is 69.3 Å². The number of aryl methyl sites for hydroxylation is 1. The molecule has 0 heterocycles. The van der Waals surface area contributed by atoms with Crippen LogP contribution in [0.4, 0.5) is 5.69 Å². The molecule has 0 aliphatic rings. The van der Waals surface area contributed by atoms with Gasteiger partial charge in [-0.15, -0.1) is 0 Å². The van der Waals surface area contributed by atoms with Crippen LogP contribution < -0.4 is 15.1 Å². The quantitative estimate of drug-likeness (QED) is 0.197. The van der Waals surface area contributed by atoms with Crippen LogP contribution >= 0.6 is 0 Å². The summed E-state index contributed by atoms with van der Waals surface area (Å²) < 4.78 is 12.7. The standard InChI is InChI=1S/C26H31NO4Si/c1-5-21-20-22(16-17-25(21)27(28)29)30-18-19-31-32(26(2,3)4,23-12-8-6-9-13-23)24-14-10-7-11-15-24/h6-17,20H,5,18-19H2,1-4H3. The monoisotopic (exact) mass is 449 g/mol. The zero-order valence-electron chi connectivity index (χ0n) is 19.2. The van der Waals surface area contributed by atoms with Crippen LogP contribution in [0.3, 0.4) is 0 Å². The van der Waals surface area contributed by atoms with Crippen molar-refractivity contribution < 1.29 is 14.1 Å². The molecule has 0 atom stereocenters. The van der Waals surface area contributed by atoms with Crippen molar-refractivity contribution in [2.45, 2.75) is 39.2 Å². The molecule has 0 fully saturated rings. The molecule has 6 heteroatoms. The van der Waals surface area contributed by atoms with Gasteiger partial charge in [-0.1, -0.05) is 88.4 Å². The van der Waals surface area contributed by atoms with Gasteiger partial charge in [0.15, 0.2) is 0 Å². The molecule has 3 aromatic carbocycles. The Labute approximate surface area is 191 Å². The lowest BCUT2D eigenvalue weighted by Crippen LogP contribution is -2.66. The van der Waals surface area contributed by atoms with Gasteiger partial charge in [-0.25, -0.2) is 0 Å². The number of nitro groups is 1. The fourth-order valence-electron chi connectivity index (χ4n) is 4.23. The second-order valence-electron chi connectivity index (χ2n) is 8.76. The maximum atomic E-state index is 11.2. The zero-order valence-corrected chi connectivity index (χ0v) is 20.2. The minimum atomic E-state index is -2.60. The molecule has 3 rings (SSSR count). The summed E-state index contributed by atoms with van der Waals surface area (Å²) in [6.07, 6.45) is 0.575. The normalized spacial score (nSPS) is 11.9. The Bertz CT molecular complexity index is 993. The predicted molar refractivity (Wildman–Crippen MR) is 132 cm³/mol. The SMILES string of the molecule is CCc1cc(OCCO[Si](c2ccccc2)(c2ccccc2)C(C)(C)C)ccc1[N+](=O)[O-]. The summed E-state index contributed by atoms with van der Waals surface area (Å²) in [5.41, 5.74) is 0.795. The maximum Gasteiger partial charge on any atom is 0.272 e. The van der Waals surface area contributed by atoms with E-state index >= 15 is 0 Å². The van der Waals surface area contributed by atoms with Crippen molar-refractivity contribution >= 4 is 24.4 Å². The van der Waals surface area contributed by atoms with Crippen LogP contribution in [0, 0.1) is 10.1 Å². The molecule has 0 aliphatic carbocycles. The van der Waals surface area contributed by atoms with Crippen molar-refractivity contribution in [1.29, 1.82) is 0 Å². The lowest BCUT2D eigenvalue weighted by molar-refractivity contribution is -0.385. The highest BCUT2D eigenvalue weighted by molar-refractivity contribution is 6.99. The number of ether oxygens (including phenoxy) is 1. The van der Waals surface area contributed by atoms with Gasteiger partial charge in [-0.05, 0) is 34.0 Å². The molecule has 0 bridgehead atoms. The van der Waals surface area contributed by atoms with E-state index < -0.39 is 8.32 Å². The Morgan fingerprint density at radius 2 is 1.44 bits per heavy atom. The molecule has 0 aromatic heterocycles. The van der Waals surface area contributed by atoms with Gasteiger partial charge in [0.2, 0.25) is 0 Å². The topological polar surface area (TPSA) is 61.6 Å². The average Bonchev–Trinajstić information content (AvgIpc) is 2.79. The van der Waals surface area contributed by atoms with Crippen molar-refractivity contribution in [3.63, 3.8) is 0 Å². The molecule has 0 saturated heterocycles. The number of rotatable bonds is 9. The zero-order chi connectivity index (χ0) is 23.2. The number of nitrogens with zero attached hydrogens (tertiary/aromatic N) is 1. The van der Waals surface area contributed by atoms with E-state index in [0.29, 0.717) is 30.9 Å². The lowest BCUT2D eigenvalue weighted by atomic mass is 10.1. The van der Waals surface area contributed by atoms with Gasteiger partial charge in [-0.2, -0.15) is 0 Å². The third-order valence-electron chi connectivity index (χ3n) is 5.72. The van der Waals surface area contributed by atoms with Gasteiger partial charge in [0.25, 0.3) is 14.0 Å². The fraction of sp³-hybridized carbons (Fsp3) is 0.308. The highest BCUT2D eigenvalue weighted by Gasteiger charge is 2.50. The summed E-state index contributed by atoms with van der Waals surface area (Å²) in [6.45, 7) is 9.41. The molecular formula is C26H31NO4Si. The predicted octanol–water partition coefficient (Wildman–Crippen LogP) is 5.11. The van der Waals surface area contributed by atoms with Gasteiger partial charge in [-0.3, -0.25) is 10.1 Å². The van der Waals surface area contributed by atoms with Crippen LogP contribution in [0.5, 0.6) is 5.75 Å². The maximum absolute atomic E-state index is 11.2. The second-order valence-corrected chi connectivity index (χ2v) is 13.1. The number of hydrogen-bond acceptors (Lipinski definition) is 4. The van der Waals surface area contributed by atoms with E-state index in [1.807, 2.05) is 19.1 Å². The van der Waals surface area contributed by atoms with Crippen LogP contribution in [-0.2, 0) is 10.8 Å². The van der Waals surface area contributed by atoms with E-state index in [1.165, 1.54) is 16.4 Å². The van der Waals surface area contributed by atoms with Crippen molar-refractivity contribution in [2.24, 2.45) is 0 Å². The smallest absolute Gasteiger partial charge is 0.272 e. The summed E-state index contributed by atoms with van der Waals surface area (Å²) >= 11 is 0. The van der Waals surface area contributed by atoms with Crippen molar-refractivity contribution in [3.8, 4) is 5.75 Å². The first-order valence-corrected chi connectivity index (χ1v) is 12.9. The Balaban J connectivity index is 1.84. The van der Waals surface area contributed by atoms with Crippen molar-refractivity contribution in [1.82, 2.24) is 0 Å². The first kappa shape index (κ1) is 23.7. The summed E-state index contributed by atoms with van der Waals surface area (Å²) in [6, 6.07) is 25.9. The van der Waals surface area contributed by atoms with Crippen LogP contribution in [0.25, 0.3) is 0 Å². The van der Waals surface area contributed by atoms with Crippen LogP contribution in [0.2, 0.25) is 5.04 Å². The minimum absolute atomic E-state index is 0.0988. The fourth-order valence-corrected chi connectivity index (χ4v) is 8.77. The third kappa shape index (κ3) is 4.92. The third-order valence-corrected chi connectivity index (χ3v) is 10.8. The molecule has 5 nitrogen and oxygen atoms in total. The van der Waals surface area contributed by atoms with Gasteiger partial charge in [0.05, 0.1) is 11.5 Å². The average molecular weight is 450 g/mol. The van der Waals surface area contributed by atoms with Crippen LogP contribution in [0.1, 0.15) is 33.3 Å². The molecule has 32 heavy (non-hydrogen) atoms. The van der Waals surface area contributed by atoms with Gasteiger partial charge in [0, 0.05) is 11.6 Å². The van der Waals surface area contributed by atoms with Gasteiger partial charge < -0.3 is 9.16 Å². The Morgan fingerprint density at radius 3 is 1.91 bits per heavy atom.